The Kier molecular flexibility index (Phi) is 2.91. The van der Waals surface area contributed by atoms with Gasteiger partial charge in [0.25, 0.3) is 0 Å². The van der Waals surface area contributed by atoms with Crippen LogP contribution in [0, 0.1) is 0 Å². The van der Waals surface area contributed by atoms with Crippen molar-refractivity contribution in [3.63, 3.8) is 0 Å². The van der Waals surface area contributed by atoms with Gasteiger partial charge < -0.3 is 21.1 Å². The van der Waals surface area contributed by atoms with E-state index in [-0.39, 0.29) is 23.1 Å². The third-order valence-electron chi connectivity index (χ3n) is 3.20. The Morgan fingerprint density at radius 2 is 1.57 bits per heavy atom. The number of H-pyrrole nitrogens is 1. The number of nitrogens with one attached hydrogen (secondary N) is 1. The third-order valence-corrected chi connectivity index (χ3v) is 3.20. The second-order valence-electron chi connectivity index (χ2n) is 4.61. The lowest BCUT2D eigenvalue weighted by Crippen LogP contribution is -1.89. The molecule has 1 aromatic heterocycles. The molecule has 2 aromatic carbocycles. The first-order valence-corrected chi connectivity index (χ1v) is 6.22. The summed E-state index contributed by atoms with van der Waals surface area (Å²) >= 11 is 0. The summed E-state index contributed by atoms with van der Waals surface area (Å²) in [5.41, 5.74) is 8.28. The molecule has 0 saturated carbocycles. The summed E-state index contributed by atoms with van der Waals surface area (Å²) in [4.78, 5) is 0. The Balaban J connectivity index is 2.19. The molecule has 0 saturated heterocycles. The van der Waals surface area contributed by atoms with Gasteiger partial charge in [-0.05, 0) is 29.8 Å². The molecular formula is C15H13N3O3. The number of nitrogens with zero attached hydrogens (tertiary/aromatic N) is 1. The molecule has 1 heterocycles. The van der Waals surface area contributed by atoms with Gasteiger partial charge in [0.2, 0.25) is 0 Å². The van der Waals surface area contributed by atoms with Crippen molar-refractivity contribution in [1.29, 1.82) is 0 Å². The molecule has 0 bridgehead atoms. The van der Waals surface area contributed by atoms with Gasteiger partial charge in [0, 0.05) is 11.6 Å². The van der Waals surface area contributed by atoms with Crippen LogP contribution in [0.2, 0.25) is 0 Å². The van der Waals surface area contributed by atoms with Crippen LogP contribution in [0.25, 0.3) is 22.4 Å². The third kappa shape index (κ3) is 2.23. The number of benzene rings is 2. The van der Waals surface area contributed by atoms with E-state index in [1.54, 1.807) is 30.3 Å². The predicted molar refractivity (Wildman–Crippen MR) is 78.9 cm³/mol. The zero-order chi connectivity index (χ0) is 15.0. The summed E-state index contributed by atoms with van der Waals surface area (Å²) in [5.74, 6) is 0.312. The SMILES string of the molecule is Nc1n[nH]c(-c2ccc(O)cc2O)c1-c1ccc(O)cc1. The van der Waals surface area contributed by atoms with E-state index in [2.05, 4.69) is 10.2 Å². The number of phenolic OH excluding ortho intramolecular Hbond substituents is 3. The van der Waals surface area contributed by atoms with E-state index in [1.165, 1.54) is 12.1 Å². The van der Waals surface area contributed by atoms with E-state index < -0.39 is 0 Å². The normalized spacial score (nSPS) is 10.7. The number of hydrogen-bond acceptors (Lipinski definition) is 5. The van der Waals surface area contributed by atoms with Gasteiger partial charge in [-0.3, -0.25) is 5.10 Å². The van der Waals surface area contributed by atoms with Gasteiger partial charge in [0.05, 0.1) is 11.3 Å². The summed E-state index contributed by atoms with van der Waals surface area (Å²) < 4.78 is 0. The van der Waals surface area contributed by atoms with Crippen molar-refractivity contribution < 1.29 is 15.3 Å². The highest BCUT2D eigenvalue weighted by molar-refractivity contribution is 5.89. The molecule has 0 aliphatic heterocycles. The first-order chi connectivity index (χ1) is 10.1. The lowest BCUT2D eigenvalue weighted by molar-refractivity contribution is 0.451. The molecule has 0 radical (unpaired) electrons. The minimum absolute atomic E-state index is 0.0325. The molecule has 6 N–H and O–H groups in total. The van der Waals surface area contributed by atoms with Gasteiger partial charge >= 0.3 is 0 Å². The number of aromatic hydroxyl groups is 3. The topological polar surface area (TPSA) is 115 Å². The van der Waals surface area contributed by atoms with Crippen LogP contribution in [0.4, 0.5) is 5.82 Å². The highest BCUT2D eigenvalue weighted by Gasteiger charge is 2.17. The molecule has 21 heavy (non-hydrogen) atoms. The number of anilines is 1. The molecule has 0 spiro atoms. The van der Waals surface area contributed by atoms with Crippen LogP contribution >= 0.6 is 0 Å². The van der Waals surface area contributed by atoms with Crippen molar-refractivity contribution in [3.8, 4) is 39.6 Å². The minimum atomic E-state index is -0.0846. The number of hydrogen-bond donors (Lipinski definition) is 5. The zero-order valence-electron chi connectivity index (χ0n) is 10.9. The minimum Gasteiger partial charge on any atom is -0.508 e. The fourth-order valence-corrected chi connectivity index (χ4v) is 2.20. The smallest absolute Gasteiger partial charge is 0.153 e. The zero-order valence-corrected chi connectivity index (χ0v) is 10.9. The number of nitrogens with two attached hydrogens (primary N) is 1. The van der Waals surface area contributed by atoms with E-state index >= 15 is 0 Å². The highest BCUT2D eigenvalue weighted by atomic mass is 16.3. The summed E-state index contributed by atoms with van der Waals surface area (Å²) in [6, 6.07) is 10.8. The van der Waals surface area contributed by atoms with E-state index in [4.69, 9.17) is 5.73 Å². The van der Waals surface area contributed by atoms with Crippen LogP contribution < -0.4 is 5.73 Å². The van der Waals surface area contributed by atoms with Crippen molar-refractivity contribution in [3.05, 3.63) is 42.5 Å². The fraction of sp³-hybridized carbons (Fsp3) is 0. The molecular weight excluding hydrogens is 270 g/mol. The number of aromatic nitrogens is 2. The van der Waals surface area contributed by atoms with Crippen LogP contribution in [-0.4, -0.2) is 25.5 Å². The monoisotopic (exact) mass is 283 g/mol. The molecule has 6 nitrogen and oxygen atoms in total. The van der Waals surface area contributed by atoms with Crippen molar-refractivity contribution in [1.82, 2.24) is 10.2 Å². The average Bonchev–Trinajstić information content (AvgIpc) is 2.82. The lowest BCUT2D eigenvalue weighted by atomic mass is 10.00. The molecule has 6 heteroatoms. The van der Waals surface area contributed by atoms with Gasteiger partial charge in [-0.15, -0.1) is 0 Å². The maximum atomic E-state index is 9.98. The van der Waals surface area contributed by atoms with E-state index in [0.29, 0.717) is 16.8 Å². The van der Waals surface area contributed by atoms with Crippen LogP contribution in [0.3, 0.4) is 0 Å². The Morgan fingerprint density at radius 1 is 0.905 bits per heavy atom. The van der Waals surface area contributed by atoms with Crippen LogP contribution in [0.15, 0.2) is 42.5 Å². The molecule has 106 valence electrons. The van der Waals surface area contributed by atoms with Gasteiger partial charge in [0.1, 0.15) is 17.2 Å². The summed E-state index contributed by atoms with van der Waals surface area (Å²) in [6.07, 6.45) is 0. The standard InChI is InChI=1S/C15H13N3O3/c16-15-13(8-1-3-9(19)4-2-8)14(17-18-15)11-6-5-10(20)7-12(11)21/h1-7,19-21H,(H3,16,17,18). The summed E-state index contributed by atoms with van der Waals surface area (Å²) in [7, 11) is 0. The Labute approximate surface area is 120 Å². The number of phenols is 3. The van der Waals surface area contributed by atoms with Crippen molar-refractivity contribution in [2.75, 3.05) is 5.73 Å². The summed E-state index contributed by atoms with van der Waals surface area (Å²) in [6.45, 7) is 0. The van der Waals surface area contributed by atoms with Crippen LogP contribution in [0.5, 0.6) is 17.2 Å². The van der Waals surface area contributed by atoms with Crippen LogP contribution in [0.1, 0.15) is 0 Å². The van der Waals surface area contributed by atoms with Crippen LogP contribution in [-0.2, 0) is 0 Å². The fourth-order valence-electron chi connectivity index (χ4n) is 2.20. The average molecular weight is 283 g/mol. The molecule has 0 unspecified atom stereocenters. The second kappa shape index (κ2) is 4.75. The molecule has 0 atom stereocenters. The molecule has 0 aliphatic rings. The Hall–Kier alpha value is -3.15. The first-order valence-electron chi connectivity index (χ1n) is 6.22. The maximum Gasteiger partial charge on any atom is 0.153 e. The maximum absolute atomic E-state index is 9.98. The first kappa shape index (κ1) is 12.9. The van der Waals surface area contributed by atoms with Gasteiger partial charge in [-0.2, -0.15) is 5.10 Å². The van der Waals surface area contributed by atoms with E-state index in [1.807, 2.05) is 0 Å². The Morgan fingerprint density at radius 3 is 2.24 bits per heavy atom. The van der Waals surface area contributed by atoms with E-state index in [9.17, 15) is 15.3 Å². The van der Waals surface area contributed by atoms with E-state index in [0.717, 1.165) is 5.56 Å². The Bertz CT molecular complexity index is 794. The lowest BCUT2D eigenvalue weighted by Gasteiger charge is -2.07. The van der Waals surface area contributed by atoms with Crippen molar-refractivity contribution in [2.45, 2.75) is 0 Å². The largest absolute Gasteiger partial charge is 0.508 e. The van der Waals surface area contributed by atoms with Crippen molar-refractivity contribution >= 4 is 5.82 Å². The quantitative estimate of drug-likeness (QED) is 0.495. The second-order valence-corrected chi connectivity index (χ2v) is 4.61. The van der Waals surface area contributed by atoms with Gasteiger partial charge in [0.15, 0.2) is 5.82 Å². The number of nitrogen functional groups attached to an aromatic ring is 1. The molecule has 0 amide bonds. The molecule has 3 aromatic rings. The molecule has 3 rings (SSSR count). The van der Waals surface area contributed by atoms with Gasteiger partial charge in [-0.1, -0.05) is 12.1 Å². The van der Waals surface area contributed by atoms with Gasteiger partial charge in [-0.25, -0.2) is 0 Å². The molecule has 0 aliphatic carbocycles. The number of aromatic amines is 1. The predicted octanol–water partition coefficient (Wildman–Crippen LogP) is 2.44. The van der Waals surface area contributed by atoms with Crippen molar-refractivity contribution in [2.24, 2.45) is 0 Å². The molecule has 0 fully saturated rings. The highest BCUT2D eigenvalue weighted by Crippen LogP contribution is 2.39. The number of rotatable bonds is 2. The summed E-state index contributed by atoms with van der Waals surface area (Å²) in [5, 5.41) is 35.5.